The summed E-state index contributed by atoms with van der Waals surface area (Å²) in [6, 6.07) is 16.9. The van der Waals surface area contributed by atoms with Gasteiger partial charge in [-0.05, 0) is 61.3 Å². The van der Waals surface area contributed by atoms with E-state index in [2.05, 4.69) is 5.32 Å². The van der Waals surface area contributed by atoms with Crippen LogP contribution in [0.3, 0.4) is 0 Å². The zero-order valence-electron chi connectivity index (χ0n) is 17.5. The smallest absolute Gasteiger partial charge is 0.180 e. The van der Waals surface area contributed by atoms with Gasteiger partial charge in [-0.3, -0.25) is 0 Å². The Morgan fingerprint density at radius 3 is 2.31 bits per heavy atom. The molecule has 32 heavy (non-hydrogen) atoms. The summed E-state index contributed by atoms with van der Waals surface area (Å²) in [4.78, 5) is 0. The van der Waals surface area contributed by atoms with Gasteiger partial charge in [0, 0.05) is 27.2 Å². The summed E-state index contributed by atoms with van der Waals surface area (Å²) < 4.78 is 11.7. The normalized spacial score (nSPS) is 10.5. The third kappa shape index (κ3) is 7.62. The van der Waals surface area contributed by atoms with E-state index in [4.69, 9.17) is 55.9 Å². The maximum absolute atomic E-state index is 6.52. The molecular formula is C24H24Cl5NO2. The van der Waals surface area contributed by atoms with Crippen molar-refractivity contribution < 1.29 is 9.47 Å². The first-order chi connectivity index (χ1) is 15.0. The summed E-state index contributed by atoms with van der Waals surface area (Å²) >= 11 is 24.9. The Bertz CT molecular complexity index is 1030. The predicted molar refractivity (Wildman–Crippen MR) is 138 cm³/mol. The van der Waals surface area contributed by atoms with E-state index >= 15 is 0 Å². The first kappa shape index (κ1) is 26.9. The van der Waals surface area contributed by atoms with Gasteiger partial charge in [0.05, 0.1) is 11.6 Å². The van der Waals surface area contributed by atoms with Gasteiger partial charge in [0.2, 0.25) is 0 Å². The van der Waals surface area contributed by atoms with Gasteiger partial charge >= 0.3 is 0 Å². The fourth-order valence-electron chi connectivity index (χ4n) is 3.07. The second-order valence-electron chi connectivity index (χ2n) is 6.88. The molecule has 0 aliphatic heterocycles. The fraction of sp³-hybridized carbons (Fsp3) is 0.250. The van der Waals surface area contributed by atoms with Gasteiger partial charge in [-0.1, -0.05) is 70.7 Å². The maximum Gasteiger partial charge on any atom is 0.180 e. The average Bonchev–Trinajstić information content (AvgIpc) is 2.73. The molecule has 0 bridgehead atoms. The van der Waals surface area contributed by atoms with Crippen LogP contribution in [0.2, 0.25) is 20.1 Å². The van der Waals surface area contributed by atoms with Crippen LogP contribution in [0.5, 0.6) is 11.5 Å². The summed E-state index contributed by atoms with van der Waals surface area (Å²) in [7, 11) is 0. The molecule has 1 N–H and O–H groups in total. The molecule has 0 aliphatic carbocycles. The maximum atomic E-state index is 6.52. The topological polar surface area (TPSA) is 30.5 Å². The minimum Gasteiger partial charge on any atom is -0.490 e. The Labute approximate surface area is 215 Å². The van der Waals surface area contributed by atoms with E-state index in [1.807, 2.05) is 55.5 Å². The molecule has 0 amide bonds. The lowest BCUT2D eigenvalue weighted by Crippen LogP contribution is -2.17. The van der Waals surface area contributed by atoms with Crippen LogP contribution in [0.4, 0.5) is 0 Å². The van der Waals surface area contributed by atoms with Gasteiger partial charge in [0.15, 0.2) is 11.5 Å². The van der Waals surface area contributed by atoms with Crippen LogP contribution in [0, 0.1) is 0 Å². The Hall–Kier alpha value is -1.33. The Morgan fingerprint density at radius 1 is 0.812 bits per heavy atom. The van der Waals surface area contributed by atoms with E-state index in [1.165, 1.54) is 0 Å². The lowest BCUT2D eigenvalue weighted by Gasteiger charge is -2.16. The molecular weight excluding hydrogens is 512 g/mol. The van der Waals surface area contributed by atoms with Crippen molar-refractivity contribution in [3.8, 4) is 11.5 Å². The molecule has 0 saturated heterocycles. The van der Waals surface area contributed by atoms with Crippen molar-refractivity contribution in [3.63, 3.8) is 0 Å². The summed E-state index contributed by atoms with van der Waals surface area (Å²) in [6.45, 7) is 4.12. The number of halogens is 5. The fourth-order valence-corrected chi connectivity index (χ4v) is 4.05. The van der Waals surface area contributed by atoms with Gasteiger partial charge in [-0.2, -0.15) is 0 Å². The molecule has 0 unspecified atom stereocenters. The van der Waals surface area contributed by atoms with E-state index < -0.39 is 0 Å². The number of hydrogen-bond donors (Lipinski definition) is 1. The minimum absolute atomic E-state index is 0. The van der Waals surface area contributed by atoms with Crippen LogP contribution in [-0.4, -0.2) is 13.2 Å². The van der Waals surface area contributed by atoms with Crippen molar-refractivity contribution in [2.45, 2.75) is 26.5 Å². The highest BCUT2D eigenvalue weighted by Gasteiger charge is 2.14. The number of rotatable bonds is 10. The second kappa shape index (κ2) is 13.4. The summed E-state index contributed by atoms with van der Waals surface area (Å²) in [5.74, 6) is 1.12. The quantitative estimate of drug-likeness (QED) is 0.267. The van der Waals surface area contributed by atoms with Crippen LogP contribution < -0.4 is 14.8 Å². The van der Waals surface area contributed by atoms with Crippen LogP contribution in [0.1, 0.15) is 23.6 Å². The standard InChI is InChI=1S/C24H23Cl4NO2.ClH/c1-2-30-23-12-16(14-29-10-9-17-7-8-19(25)13-21(17)27)11-22(28)24(23)31-15-18-5-3-4-6-20(18)26;/h3-8,11-13,29H,2,9-10,14-15H2,1H3;1H. The molecule has 0 fully saturated rings. The first-order valence-electron chi connectivity index (χ1n) is 9.94. The van der Waals surface area contributed by atoms with Crippen LogP contribution >= 0.6 is 58.8 Å². The molecule has 0 saturated carbocycles. The van der Waals surface area contributed by atoms with Crippen LogP contribution in [0.25, 0.3) is 0 Å². The summed E-state index contributed by atoms with van der Waals surface area (Å²) in [6.07, 6.45) is 0.793. The third-order valence-electron chi connectivity index (χ3n) is 4.61. The molecule has 3 nitrogen and oxygen atoms in total. The van der Waals surface area contributed by atoms with Crippen molar-refractivity contribution >= 4 is 58.8 Å². The van der Waals surface area contributed by atoms with E-state index in [9.17, 15) is 0 Å². The Kier molecular flexibility index (Phi) is 11.3. The van der Waals surface area contributed by atoms with E-state index in [-0.39, 0.29) is 12.4 Å². The van der Waals surface area contributed by atoms with Gasteiger partial charge in [0.25, 0.3) is 0 Å². The zero-order valence-corrected chi connectivity index (χ0v) is 21.3. The molecule has 3 rings (SSSR count). The number of ether oxygens (including phenoxy) is 2. The van der Waals surface area contributed by atoms with Crippen molar-refractivity contribution in [1.82, 2.24) is 5.32 Å². The summed E-state index contributed by atoms with van der Waals surface area (Å²) in [5.41, 5.74) is 2.94. The molecule has 8 heteroatoms. The van der Waals surface area contributed by atoms with Crippen molar-refractivity contribution in [1.29, 1.82) is 0 Å². The summed E-state index contributed by atoms with van der Waals surface area (Å²) in [5, 5.41) is 5.87. The molecule has 172 valence electrons. The highest BCUT2D eigenvalue weighted by Crippen LogP contribution is 2.37. The molecule has 0 spiro atoms. The molecule has 3 aromatic carbocycles. The Morgan fingerprint density at radius 2 is 1.59 bits per heavy atom. The lowest BCUT2D eigenvalue weighted by molar-refractivity contribution is 0.269. The molecule has 0 aromatic heterocycles. The number of nitrogens with one attached hydrogen (secondary N) is 1. The molecule has 3 aromatic rings. The van der Waals surface area contributed by atoms with Crippen molar-refractivity contribution in [3.05, 3.63) is 91.4 Å². The molecule has 0 aliphatic rings. The SMILES string of the molecule is CCOc1cc(CNCCc2ccc(Cl)cc2Cl)cc(Cl)c1OCc1ccccc1Cl.Cl. The van der Waals surface area contributed by atoms with Crippen molar-refractivity contribution in [2.24, 2.45) is 0 Å². The number of hydrogen-bond acceptors (Lipinski definition) is 3. The van der Waals surface area contributed by atoms with Gasteiger partial charge < -0.3 is 14.8 Å². The van der Waals surface area contributed by atoms with Gasteiger partial charge in [-0.25, -0.2) is 0 Å². The highest BCUT2D eigenvalue weighted by molar-refractivity contribution is 6.35. The minimum atomic E-state index is 0. The highest BCUT2D eigenvalue weighted by atomic mass is 35.5. The van der Waals surface area contributed by atoms with Crippen LogP contribution in [0.15, 0.2) is 54.6 Å². The largest absolute Gasteiger partial charge is 0.490 e. The first-order valence-corrected chi connectivity index (χ1v) is 11.4. The van der Waals surface area contributed by atoms with Crippen LogP contribution in [-0.2, 0) is 19.6 Å². The monoisotopic (exact) mass is 533 g/mol. The Balaban J connectivity index is 0.00000363. The zero-order chi connectivity index (χ0) is 22.2. The van der Waals surface area contributed by atoms with E-state index in [0.717, 1.165) is 29.7 Å². The predicted octanol–water partition coefficient (Wildman–Crippen LogP) is 8.03. The second-order valence-corrected chi connectivity index (χ2v) is 8.54. The number of benzene rings is 3. The van der Waals surface area contributed by atoms with E-state index in [1.54, 1.807) is 6.07 Å². The van der Waals surface area contributed by atoms with Gasteiger partial charge in [0.1, 0.15) is 6.61 Å². The molecule has 0 heterocycles. The van der Waals surface area contributed by atoms with E-state index in [0.29, 0.717) is 51.3 Å². The van der Waals surface area contributed by atoms with Crippen molar-refractivity contribution in [2.75, 3.05) is 13.2 Å². The lowest BCUT2D eigenvalue weighted by atomic mass is 10.1. The molecule has 0 atom stereocenters. The average molecular weight is 536 g/mol. The third-order valence-corrected chi connectivity index (χ3v) is 5.85. The van der Waals surface area contributed by atoms with Gasteiger partial charge in [-0.15, -0.1) is 12.4 Å². The molecule has 0 radical (unpaired) electrons.